The van der Waals surface area contributed by atoms with Crippen molar-refractivity contribution in [2.24, 2.45) is 0 Å². The number of aldehydes is 1. The van der Waals surface area contributed by atoms with Crippen LogP contribution >= 0.6 is 0 Å². The van der Waals surface area contributed by atoms with Crippen molar-refractivity contribution in [3.05, 3.63) is 0 Å². The van der Waals surface area contributed by atoms with E-state index in [2.05, 4.69) is 0 Å². The maximum Gasteiger partial charge on any atom is 0.224 e. The molecule has 0 saturated heterocycles. The molecule has 16 heavy (non-hydrogen) atoms. The topological polar surface area (TPSA) is 147 Å². The van der Waals surface area contributed by atoms with Gasteiger partial charge in [-0.25, -0.2) is 0 Å². The van der Waals surface area contributed by atoms with Crippen LogP contribution in [0.4, 0.5) is 0 Å². The van der Waals surface area contributed by atoms with Gasteiger partial charge in [0.2, 0.25) is 11.6 Å². The van der Waals surface area contributed by atoms with Crippen LogP contribution in [0.25, 0.3) is 0 Å². The zero-order valence-corrected chi connectivity index (χ0v) is 8.57. The van der Waals surface area contributed by atoms with E-state index in [1.54, 1.807) is 5.32 Å². The van der Waals surface area contributed by atoms with Crippen LogP contribution in [-0.2, 0) is 9.59 Å². The number of aliphatic hydroxyl groups excluding tert-OH is 4. The fraction of sp³-hybridized carbons (Fsp3) is 0.750. The van der Waals surface area contributed by atoms with Gasteiger partial charge in [0, 0.05) is 6.92 Å². The molecule has 0 aliphatic rings. The molecule has 0 bridgehead atoms. The first-order valence-electron chi connectivity index (χ1n) is 4.41. The summed E-state index contributed by atoms with van der Waals surface area (Å²) in [5.41, 5.74) is -2.72. The van der Waals surface area contributed by atoms with E-state index in [0.717, 1.165) is 6.92 Å². The Labute approximate surface area is 91.1 Å². The summed E-state index contributed by atoms with van der Waals surface area (Å²) < 4.78 is 0. The molecule has 4 atom stereocenters. The first-order chi connectivity index (χ1) is 7.28. The first kappa shape index (κ1) is 14.9. The van der Waals surface area contributed by atoms with Crippen LogP contribution in [0.2, 0.25) is 0 Å². The van der Waals surface area contributed by atoms with Crippen LogP contribution in [0.3, 0.4) is 0 Å². The van der Waals surface area contributed by atoms with Crippen LogP contribution < -0.4 is 5.32 Å². The summed E-state index contributed by atoms with van der Waals surface area (Å²) in [6.45, 7) is 0.100. The van der Waals surface area contributed by atoms with Crippen molar-refractivity contribution >= 4 is 12.2 Å². The number of rotatable bonds is 6. The second-order valence-corrected chi connectivity index (χ2v) is 3.31. The van der Waals surface area contributed by atoms with Crippen LogP contribution in [0, 0.1) is 0 Å². The van der Waals surface area contributed by atoms with E-state index in [9.17, 15) is 24.9 Å². The van der Waals surface area contributed by atoms with E-state index in [0.29, 0.717) is 0 Å². The summed E-state index contributed by atoms with van der Waals surface area (Å²) in [6.07, 6.45) is -6.11. The lowest BCUT2D eigenvalue weighted by Crippen LogP contribution is -2.63. The Balaban J connectivity index is 4.81. The number of carbonyl (C=O) groups is 2. The fourth-order valence-electron chi connectivity index (χ4n) is 1.03. The largest absolute Gasteiger partial charge is 0.394 e. The van der Waals surface area contributed by atoms with E-state index in [-0.39, 0.29) is 6.29 Å². The number of nitrogens with one attached hydrogen (secondary N) is 1. The highest BCUT2D eigenvalue weighted by atomic mass is 16.4. The Morgan fingerprint density at radius 2 is 1.94 bits per heavy atom. The number of hydrogen-bond donors (Lipinski definition) is 6. The summed E-state index contributed by atoms with van der Waals surface area (Å²) in [7, 11) is 0. The van der Waals surface area contributed by atoms with Gasteiger partial charge >= 0.3 is 0 Å². The average Bonchev–Trinajstić information content (AvgIpc) is 2.24. The second-order valence-electron chi connectivity index (χ2n) is 3.31. The van der Waals surface area contributed by atoms with Crippen LogP contribution in [-0.4, -0.2) is 68.4 Å². The smallest absolute Gasteiger partial charge is 0.224 e. The van der Waals surface area contributed by atoms with Crippen molar-refractivity contribution in [3.63, 3.8) is 0 Å². The fourth-order valence-corrected chi connectivity index (χ4v) is 1.03. The molecule has 0 aliphatic heterocycles. The molecule has 0 saturated carbocycles. The first-order valence-corrected chi connectivity index (χ1v) is 4.41. The molecule has 0 aromatic rings. The highest BCUT2D eigenvalue weighted by molar-refractivity contribution is 5.79. The standard InChI is InChI=1S/C8H15NO7/c1-4(12)9-8(16,3-11)7(15)6(14)5(13)2-10/h3,5-7,10,13-16H,2H2,1H3,(H,9,12)/t5-,6-,7+,8-/m1/s1. The molecule has 0 aromatic heterocycles. The molecule has 1 amide bonds. The predicted molar refractivity (Wildman–Crippen MR) is 49.9 cm³/mol. The highest BCUT2D eigenvalue weighted by Gasteiger charge is 2.43. The van der Waals surface area contributed by atoms with Crippen molar-refractivity contribution in [2.45, 2.75) is 31.0 Å². The number of amides is 1. The molecule has 0 heterocycles. The zero-order chi connectivity index (χ0) is 12.9. The van der Waals surface area contributed by atoms with Gasteiger partial charge in [-0.15, -0.1) is 0 Å². The lowest BCUT2D eigenvalue weighted by molar-refractivity contribution is -0.176. The van der Waals surface area contributed by atoms with Crippen LogP contribution in [0.1, 0.15) is 6.92 Å². The van der Waals surface area contributed by atoms with Gasteiger partial charge in [-0.3, -0.25) is 9.59 Å². The second kappa shape index (κ2) is 5.87. The lowest BCUT2D eigenvalue weighted by atomic mass is 9.99. The molecule has 0 unspecified atom stereocenters. The quantitative estimate of drug-likeness (QED) is 0.204. The highest BCUT2D eigenvalue weighted by Crippen LogP contribution is 2.11. The van der Waals surface area contributed by atoms with Crippen LogP contribution in [0.15, 0.2) is 0 Å². The SMILES string of the molecule is CC(=O)N[C@@](O)(C=O)[C@@H](O)[C@H](O)[C@H](O)CO. The molecule has 0 aromatic carbocycles. The molecule has 94 valence electrons. The monoisotopic (exact) mass is 237 g/mol. The summed E-state index contributed by atoms with van der Waals surface area (Å²) in [5, 5.41) is 47.3. The Morgan fingerprint density at radius 1 is 1.44 bits per heavy atom. The molecule has 6 N–H and O–H groups in total. The van der Waals surface area contributed by atoms with E-state index >= 15 is 0 Å². The van der Waals surface area contributed by atoms with E-state index in [1.807, 2.05) is 0 Å². The third kappa shape index (κ3) is 3.51. The minimum atomic E-state index is -2.72. The van der Waals surface area contributed by atoms with Crippen molar-refractivity contribution in [3.8, 4) is 0 Å². The minimum absolute atomic E-state index is 0.188. The summed E-state index contributed by atoms with van der Waals surface area (Å²) in [4.78, 5) is 21.2. The maximum atomic E-state index is 10.7. The molecule has 0 spiro atoms. The van der Waals surface area contributed by atoms with Gasteiger partial charge in [-0.2, -0.15) is 0 Å². The maximum absolute atomic E-state index is 10.7. The minimum Gasteiger partial charge on any atom is -0.394 e. The van der Waals surface area contributed by atoms with Crippen molar-refractivity contribution in [1.29, 1.82) is 0 Å². The molecule has 0 rings (SSSR count). The molecular weight excluding hydrogens is 222 g/mol. The Bertz CT molecular complexity index is 259. The summed E-state index contributed by atoms with van der Waals surface area (Å²) >= 11 is 0. The normalized spacial score (nSPS) is 20.4. The molecule has 0 aliphatic carbocycles. The van der Waals surface area contributed by atoms with Gasteiger partial charge in [0.1, 0.15) is 18.3 Å². The third-order valence-corrected chi connectivity index (χ3v) is 1.91. The average molecular weight is 237 g/mol. The molecular formula is C8H15NO7. The van der Waals surface area contributed by atoms with E-state index in [1.165, 1.54) is 0 Å². The van der Waals surface area contributed by atoms with Gasteiger partial charge in [0.25, 0.3) is 0 Å². The van der Waals surface area contributed by atoms with Gasteiger partial charge < -0.3 is 30.8 Å². The summed E-state index contributed by atoms with van der Waals surface area (Å²) in [6, 6.07) is 0. The van der Waals surface area contributed by atoms with Gasteiger partial charge in [0.05, 0.1) is 6.61 Å². The van der Waals surface area contributed by atoms with Crippen molar-refractivity contribution in [2.75, 3.05) is 6.61 Å². The molecule has 8 heteroatoms. The Morgan fingerprint density at radius 3 is 2.25 bits per heavy atom. The van der Waals surface area contributed by atoms with Gasteiger partial charge in [-0.1, -0.05) is 0 Å². The Hall–Kier alpha value is -1.06. The van der Waals surface area contributed by atoms with Gasteiger partial charge in [-0.05, 0) is 0 Å². The zero-order valence-electron chi connectivity index (χ0n) is 8.57. The Kier molecular flexibility index (Phi) is 5.48. The molecule has 8 nitrogen and oxygen atoms in total. The van der Waals surface area contributed by atoms with Crippen LogP contribution in [0.5, 0.6) is 0 Å². The molecule has 0 radical (unpaired) electrons. The third-order valence-electron chi connectivity index (χ3n) is 1.91. The summed E-state index contributed by atoms with van der Waals surface area (Å²) in [5.74, 6) is -0.820. The van der Waals surface area contributed by atoms with E-state index in [4.69, 9.17) is 10.2 Å². The van der Waals surface area contributed by atoms with Gasteiger partial charge in [0.15, 0.2) is 6.29 Å². The van der Waals surface area contributed by atoms with E-state index < -0.39 is 36.6 Å². The molecule has 0 fully saturated rings. The predicted octanol–water partition coefficient (Wildman–Crippen LogP) is -3.91. The number of aliphatic hydroxyl groups is 5. The number of hydrogen-bond acceptors (Lipinski definition) is 7. The lowest BCUT2D eigenvalue weighted by Gasteiger charge is -2.32. The number of carbonyl (C=O) groups excluding carboxylic acids is 2. The van der Waals surface area contributed by atoms with Crippen molar-refractivity contribution < 1.29 is 35.1 Å². The van der Waals surface area contributed by atoms with Crippen molar-refractivity contribution in [1.82, 2.24) is 5.32 Å².